The van der Waals surface area contributed by atoms with Gasteiger partial charge in [0.1, 0.15) is 6.29 Å². The van der Waals surface area contributed by atoms with E-state index in [1.54, 1.807) is 6.08 Å². The Bertz CT molecular complexity index is 357. The zero-order valence-corrected chi connectivity index (χ0v) is 12.3. The number of unbranched alkanes of at least 4 members (excludes halogenated alkanes) is 6. The lowest BCUT2D eigenvalue weighted by molar-refractivity contribution is -0.104. The van der Waals surface area contributed by atoms with Gasteiger partial charge in [-0.05, 0) is 30.9 Å². The number of carbonyl (C=O) groups excluding carboxylic acids is 1. The lowest BCUT2D eigenvalue weighted by Crippen LogP contribution is -1.95. The number of hydrogen-bond donors (Lipinski definition) is 0. The maximum absolute atomic E-state index is 10.1. The van der Waals surface area contributed by atoms with Crippen molar-refractivity contribution < 1.29 is 9.53 Å². The van der Waals surface area contributed by atoms with Crippen molar-refractivity contribution in [1.82, 2.24) is 0 Å². The van der Waals surface area contributed by atoms with Crippen LogP contribution in [0.5, 0.6) is 0 Å². The van der Waals surface area contributed by atoms with Crippen molar-refractivity contribution in [2.75, 3.05) is 6.61 Å². The lowest BCUT2D eigenvalue weighted by atomic mass is 10.1. The van der Waals surface area contributed by atoms with Crippen LogP contribution in [-0.4, -0.2) is 12.9 Å². The molecule has 0 amide bonds. The zero-order chi connectivity index (χ0) is 14.3. The second kappa shape index (κ2) is 12.6. The van der Waals surface area contributed by atoms with Gasteiger partial charge in [0.05, 0.1) is 6.61 Å². The summed E-state index contributed by atoms with van der Waals surface area (Å²) in [5.74, 6) is 0. The molecule has 0 saturated heterocycles. The SMILES string of the molecule is O=C/C=C/CCCCCCCCOCc1ccccc1. The van der Waals surface area contributed by atoms with Gasteiger partial charge in [0, 0.05) is 6.61 Å². The fourth-order valence-corrected chi connectivity index (χ4v) is 2.09. The normalized spacial score (nSPS) is 11.0. The molecule has 110 valence electrons. The summed E-state index contributed by atoms with van der Waals surface area (Å²) in [6.45, 7) is 1.58. The van der Waals surface area contributed by atoms with E-state index in [1.807, 2.05) is 24.3 Å². The molecule has 0 heterocycles. The van der Waals surface area contributed by atoms with Crippen LogP contribution in [0.2, 0.25) is 0 Å². The number of rotatable bonds is 12. The standard InChI is InChI=1S/C18H26O2/c19-15-11-6-4-2-1-3-5-7-12-16-20-17-18-13-9-8-10-14-18/h6,8-11,13-15H,1-5,7,12,16-17H2/b11-6+. The Balaban J connectivity index is 1.81. The first-order valence-electron chi connectivity index (χ1n) is 7.65. The van der Waals surface area contributed by atoms with E-state index in [0.717, 1.165) is 32.3 Å². The van der Waals surface area contributed by atoms with Crippen molar-refractivity contribution in [2.24, 2.45) is 0 Å². The average Bonchev–Trinajstić information content (AvgIpc) is 2.49. The van der Waals surface area contributed by atoms with Gasteiger partial charge in [0.25, 0.3) is 0 Å². The highest BCUT2D eigenvalue weighted by atomic mass is 16.5. The van der Waals surface area contributed by atoms with E-state index >= 15 is 0 Å². The first-order valence-corrected chi connectivity index (χ1v) is 7.65. The third-order valence-electron chi connectivity index (χ3n) is 3.24. The van der Waals surface area contributed by atoms with Crippen LogP contribution in [0.25, 0.3) is 0 Å². The Hall–Kier alpha value is -1.41. The maximum Gasteiger partial charge on any atom is 0.142 e. The molecule has 0 aromatic heterocycles. The minimum Gasteiger partial charge on any atom is -0.377 e. The molecular weight excluding hydrogens is 248 g/mol. The van der Waals surface area contributed by atoms with E-state index in [0.29, 0.717) is 0 Å². The minimum atomic E-state index is 0.726. The summed E-state index contributed by atoms with van der Waals surface area (Å²) < 4.78 is 5.65. The number of ether oxygens (including phenoxy) is 1. The summed E-state index contributed by atoms with van der Waals surface area (Å²) in [5, 5.41) is 0. The Kier molecular flexibility index (Phi) is 10.5. The second-order valence-corrected chi connectivity index (χ2v) is 5.01. The summed E-state index contributed by atoms with van der Waals surface area (Å²) >= 11 is 0. The van der Waals surface area contributed by atoms with E-state index in [2.05, 4.69) is 12.1 Å². The van der Waals surface area contributed by atoms with Gasteiger partial charge in [-0.3, -0.25) is 4.79 Å². The molecule has 0 atom stereocenters. The van der Waals surface area contributed by atoms with Crippen LogP contribution in [0.4, 0.5) is 0 Å². The van der Waals surface area contributed by atoms with Gasteiger partial charge in [-0.25, -0.2) is 0 Å². The van der Waals surface area contributed by atoms with Gasteiger partial charge in [-0.15, -0.1) is 0 Å². The Morgan fingerprint density at radius 1 is 0.900 bits per heavy atom. The van der Waals surface area contributed by atoms with Crippen molar-refractivity contribution in [1.29, 1.82) is 0 Å². The Morgan fingerprint density at radius 3 is 2.35 bits per heavy atom. The average molecular weight is 274 g/mol. The molecule has 0 aliphatic rings. The molecule has 0 unspecified atom stereocenters. The van der Waals surface area contributed by atoms with Crippen molar-refractivity contribution >= 4 is 6.29 Å². The van der Waals surface area contributed by atoms with Crippen molar-refractivity contribution in [2.45, 2.75) is 51.6 Å². The Labute approximate surface area is 122 Å². The summed E-state index contributed by atoms with van der Waals surface area (Å²) in [6, 6.07) is 10.3. The largest absolute Gasteiger partial charge is 0.377 e. The van der Waals surface area contributed by atoms with Crippen LogP contribution in [0.15, 0.2) is 42.5 Å². The van der Waals surface area contributed by atoms with Gasteiger partial charge in [-0.1, -0.05) is 62.1 Å². The van der Waals surface area contributed by atoms with Crippen molar-refractivity contribution in [3.63, 3.8) is 0 Å². The molecule has 1 aromatic rings. The van der Waals surface area contributed by atoms with Crippen LogP contribution in [-0.2, 0) is 16.1 Å². The van der Waals surface area contributed by atoms with Crippen LogP contribution < -0.4 is 0 Å². The molecule has 0 saturated carbocycles. The Morgan fingerprint density at radius 2 is 1.60 bits per heavy atom. The molecule has 0 spiro atoms. The minimum absolute atomic E-state index is 0.726. The van der Waals surface area contributed by atoms with Crippen LogP contribution in [0.1, 0.15) is 50.5 Å². The van der Waals surface area contributed by atoms with Crippen molar-refractivity contribution in [3.05, 3.63) is 48.0 Å². The van der Waals surface area contributed by atoms with Gasteiger partial charge in [0.15, 0.2) is 0 Å². The molecule has 20 heavy (non-hydrogen) atoms. The van der Waals surface area contributed by atoms with Crippen LogP contribution >= 0.6 is 0 Å². The molecule has 0 fully saturated rings. The number of carbonyl (C=O) groups is 1. The molecule has 2 heteroatoms. The third kappa shape index (κ3) is 9.51. The molecule has 0 radical (unpaired) electrons. The third-order valence-corrected chi connectivity index (χ3v) is 3.24. The van der Waals surface area contributed by atoms with Crippen LogP contribution in [0, 0.1) is 0 Å². The number of hydrogen-bond acceptors (Lipinski definition) is 2. The number of allylic oxidation sites excluding steroid dienone is 2. The highest BCUT2D eigenvalue weighted by molar-refractivity contribution is 5.64. The molecule has 0 bridgehead atoms. The van der Waals surface area contributed by atoms with Gasteiger partial charge >= 0.3 is 0 Å². The van der Waals surface area contributed by atoms with E-state index in [1.165, 1.54) is 37.7 Å². The van der Waals surface area contributed by atoms with E-state index in [4.69, 9.17) is 4.74 Å². The molecule has 0 aliphatic heterocycles. The van der Waals surface area contributed by atoms with Gasteiger partial charge in [-0.2, -0.15) is 0 Å². The smallest absolute Gasteiger partial charge is 0.142 e. The summed E-state index contributed by atoms with van der Waals surface area (Å²) in [4.78, 5) is 10.1. The van der Waals surface area contributed by atoms with E-state index in [-0.39, 0.29) is 0 Å². The molecule has 0 N–H and O–H groups in total. The predicted molar refractivity (Wildman–Crippen MR) is 83.6 cm³/mol. The lowest BCUT2D eigenvalue weighted by Gasteiger charge is -2.04. The monoisotopic (exact) mass is 274 g/mol. The van der Waals surface area contributed by atoms with Gasteiger partial charge < -0.3 is 4.74 Å². The maximum atomic E-state index is 10.1. The quantitative estimate of drug-likeness (QED) is 0.314. The number of benzene rings is 1. The van der Waals surface area contributed by atoms with E-state index in [9.17, 15) is 4.79 Å². The zero-order valence-electron chi connectivity index (χ0n) is 12.3. The van der Waals surface area contributed by atoms with Crippen molar-refractivity contribution in [3.8, 4) is 0 Å². The van der Waals surface area contributed by atoms with Crippen LogP contribution in [0.3, 0.4) is 0 Å². The second-order valence-electron chi connectivity index (χ2n) is 5.01. The highest BCUT2D eigenvalue weighted by Crippen LogP contribution is 2.08. The fraction of sp³-hybridized carbons (Fsp3) is 0.500. The van der Waals surface area contributed by atoms with Gasteiger partial charge in [0.2, 0.25) is 0 Å². The first kappa shape index (κ1) is 16.6. The topological polar surface area (TPSA) is 26.3 Å². The highest BCUT2D eigenvalue weighted by Gasteiger charge is 1.93. The fourth-order valence-electron chi connectivity index (χ4n) is 2.09. The number of aldehydes is 1. The first-order chi connectivity index (χ1) is 9.93. The molecule has 0 aliphatic carbocycles. The summed E-state index contributed by atoms with van der Waals surface area (Å²) in [5.41, 5.74) is 1.25. The summed E-state index contributed by atoms with van der Waals surface area (Å²) in [6.07, 6.45) is 12.8. The molecule has 1 rings (SSSR count). The molecule has 2 nitrogen and oxygen atoms in total. The summed E-state index contributed by atoms with van der Waals surface area (Å²) in [7, 11) is 0. The predicted octanol–water partition coefficient (Wildman–Crippen LogP) is 4.69. The van der Waals surface area contributed by atoms with E-state index < -0.39 is 0 Å². The molecular formula is C18H26O2. The molecule has 1 aromatic carbocycles.